The molecule has 0 bridgehead atoms. The van der Waals surface area contributed by atoms with E-state index < -0.39 is 17.3 Å². The molecule has 0 spiro atoms. The normalized spacial score (nSPS) is 10.6. The Balaban J connectivity index is 1.86. The zero-order valence-electron chi connectivity index (χ0n) is 11.4. The number of halogens is 1. The number of hydrogen-bond donors (Lipinski definition) is 1. The van der Waals surface area contributed by atoms with Crippen molar-refractivity contribution in [3.05, 3.63) is 65.1 Å². The van der Waals surface area contributed by atoms with Crippen LogP contribution < -0.4 is 10.9 Å². The van der Waals surface area contributed by atoms with Crippen molar-refractivity contribution >= 4 is 22.6 Å². The molecule has 0 unspecified atom stereocenters. The van der Waals surface area contributed by atoms with Gasteiger partial charge >= 0.3 is 0 Å². The number of fused-ring (bicyclic) bond motifs is 1. The molecule has 0 radical (unpaired) electrons. The van der Waals surface area contributed by atoms with E-state index in [1.807, 2.05) is 0 Å². The zero-order valence-corrected chi connectivity index (χ0v) is 11.4. The lowest BCUT2D eigenvalue weighted by atomic mass is 10.2. The van der Waals surface area contributed by atoms with Gasteiger partial charge in [-0.3, -0.25) is 14.2 Å². The Kier molecular flexibility index (Phi) is 3.61. The van der Waals surface area contributed by atoms with E-state index >= 15 is 0 Å². The average Bonchev–Trinajstić information content (AvgIpc) is 2.51. The van der Waals surface area contributed by atoms with Gasteiger partial charge < -0.3 is 5.32 Å². The fourth-order valence-electron chi connectivity index (χ4n) is 2.02. The van der Waals surface area contributed by atoms with Crippen LogP contribution in [0, 0.1) is 5.82 Å². The highest BCUT2D eigenvalue weighted by Crippen LogP contribution is 2.08. The van der Waals surface area contributed by atoms with Crippen LogP contribution >= 0.6 is 0 Å². The molecule has 3 aromatic rings. The van der Waals surface area contributed by atoms with Gasteiger partial charge in [-0.2, -0.15) is 0 Å². The second-order valence-corrected chi connectivity index (χ2v) is 4.60. The predicted octanol–water partition coefficient (Wildman–Crippen LogP) is 1.57. The summed E-state index contributed by atoms with van der Waals surface area (Å²) >= 11 is 0. The van der Waals surface area contributed by atoms with Crippen molar-refractivity contribution in [2.24, 2.45) is 0 Å². The van der Waals surface area contributed by atoms with Gasteiger partial charge in [-0.05, 0) is 30.3 Å². The SMILES string of the molecule is O=C(Cn1cnc2ccc(F)cc2c1=O)Nc1ccccn1. The topological polar surface area (TPSA) is 76.9 Å². The minimum atomic E-state index is -0.526. The Labute approximate surface area is 124 Å². The van der Waals surface area contributed by atoms with Crippen molar-refractivity contribution in [3.63, 3.8) is 0 Å². The molecule has 1 aromatic carbocycles. The highest BCUT2D eigenvalue weighted by Gasteiger charge is 2.09. The van der Waals surface area contributed by atoms with Gasteiger partial charge in [0.15, 0.2) is 0 Å². The minimum absolute atomic E-state index is 0.133. The number of aromatic nitrogens is 3. The number of anilines is 1. The summed E-state index contributed by atoms with van der Waals surface area (Å²) in [6.45, 7) is -0.227. The maximum Gasteiger partial charge on any atom is 0.261 e. The Bertz CT molecular complexity index is 893. The summed E-state index contributed by atoms with van der Waals surface area (Å²) < 4.78 is 14.4. The smallest absolute Gasteiger partial charge is 0.261 e. The summed E-state index contributed by atoms with van der Waals surface area (Å²) in [5.74, 6) is -0.555. The van der Waals surface area contributed by atoms with Gasteiger partial charge in [-0.1, -0.05) is 6.07 Å². The van der Waals surface area contributed by atoms with Crippen LogP contribution in [0.15, 0.2) is 53.7 Å². The molecule has 2 aromatic heterocycles. The number of benzene rings is 1. The number of pyridine rings is 1. The van der Waals surface area contributed by atoms with E-state index in [0.29, 0.717) is 11.3 Å². The standard InChI is InChI=1S/C15H11FN4O2/c16-10-4-5-12-11(7-10)15(22)20(9-18-12)8-14(21)19-13-3-1-2-6-17-13/h1-7,9H,8H2,(H,17,19,21). The van der Waals surface area contributed by atoms with Crippen molar-refractivity contribution in [3.8, 4) is 0 Å². The van der Waals surface area contributed by atoms with Gasteiger partial charge in [0.2, 0.25) is 5.91 Å². The van der Waals surface area contributed by atoms with Gasteiger partial charge in [0.25, 0.3) is 5.56 Å². The Morgan fingerprint density at radius 2 is 2.09 bits per heavy atom. The van der Waals surface area contributed by atoms with E-state index in [0.717, 1.165) is 10.6 Å². The number of carbonyl (C=O) groups is 1. The van der Waals surface area contributed by atoms with Crippen molar-refractivity contribution in [1.82, 2.24) is 14.5 Å². The van der Waals surface area contributed by atoms with Crippen LogP contribution in [0.5, 0.6) is 0 Å². The van der Waals surface area contributed by atoms with Gasteiger partial charge in [-0.25, -0.2) is 14.4 Å². The maximum absolute atomic E-state index is 13.2. The van der Waals surface area contributed by atoms with Crippen LogP contribution in [0.3, 0.4) is 0 Å². The summed E-state index contributed by atoms with van der Waals surface area (Å²) in [4.78, 5) is 32.2. The lowest BCUT2D eigenvalue weighted by Gasteiger charge is -2.07. The fraction of sp³-hybridized carbons (Fsp3) is 0.0667. The molecule has 110 valence electrons. The number of carbonyl (C=O) groups excluding carboxylic acids is 1. The average molecular weight is 298 g/mol. The lowest BCUT2D eigenvalue weighted by Crippen LogP contribution is -2.28. The third-order valence-corrected chi connectivity index (χ3v) is 3.03. The molecule has 1 N–H and O–H groups in total. The molecule has 0 fully saturated rings. The second kappa shape index (κ2) is 5.72. The first-order valence-corrected chi connectivity index (χ1v) is 6.49. The largest absolute Gasteiger partial charge is 0.309 e. The molecule has 0 saturated heterocycles. The zero-order chi connectivity index (χ0) is 15.5. The molecule has 0 aliphatic heterocycles. The highest BCUT2D eigenvalue weighted by molar-refractivity contribution is 5.89. The van der Waals surface area contributed by atoms with Gasteiger partial charge in [0.1, 0.15) is 18.2 Å². The first-order valence-electron chi connectivity index (χ1n) is 6.49. The van der Waals surface area contributed by atoms with E-state index in [1.54, 1.807) is 24.4 Å². The van der Waals surface area contributed by atoms with Gasteiger partial charge in [-0.15, -0.1) is 0 Å². The number of nitrogens with one attached hydrogen (secondary N) is 1. The van der Waals surface area contributed by atoms with Crippen molar-refractivity contribution in [2.45, 2.75) is 6.54 Å². The van der Waals surface area contributed by atoms with Crippen LogP contribution in [0.4, 0.5) is 10.2 Å². The third kappa shape index (κ3) is 2.83. The summed E-state index contributed by atoms with van der Waals surface area (Å²) in [5.41, 5.74) is -0.0894. The van der Waals surface area contributed by atoms with E-state index in [4.69, 9.17) is 0 Å². The molecule has 3 rings (SSSR count). The molecule has 0 saturated carbocycles. The Morgan fingerprint density at radius 1 is 1.23 bits per heavy atom. The van der Waals surface area contributed by atoms with E-state index in [1.165, 1.54) is 18.5 Å². The Hall–Kier alpha value is -3.09. The molecule has 6 nitrogen and oxygen atoms in total. The van der Waals surface area contributed by atoms with E-state index in [-0.39, 0.29) is 11.9 Å². The second-order valence-electron chi connectivity index (χ2n) is 4.60. The van der Waals surface area contributed by atoms with Gasteiger partial charge in [0.05, 0.1) is 17.2 Å². The summed E-state index contributed by atoms with van der Waals surface area (Å²) in [7, 11) is 0. The van der Waals surface area contributed by atoms with Crippen molar-refractivity contribution in [1.29, 1.82) is 0 Å². The monoisotopic (exact) mass is 298 g/mol. The summed E-state index contributed by atoms with van der Waals surface area (Å²) in [5, 5.41) is 2.70. The van der Waals surface area contributed by atoms with Crippen LogP contribution in [0.25, 0.3) is 10.9 Å². The van der Waals surface area contributed by atoms with Crippen molar-refractivity contribution < 1.29 is 9.18 Å². The van der Waals surface area contributed by atoms with Crippen molar-refractivity contribution in [2.75, 3.05) is 5.32 Å². The molecule has 7 heteroatoms. The third-order valence-electron chi connectivity index (χ3n) is 3.03. The van der Waals surface area contributed by atoms with Crippen LogP contribution in [-0.4, -0.2) is 20.4 Å². The summed E-state index contributed by atoms with van der Waals surface area (Å²) in [6.07, 6.45) is 2.81. The molecule has 0 atom stereocenters. The molecular weight excluding hydrogens is 287 g/mol. The molecule has 0 aliphatic carbocycles. The number of amides is 1. The lowest BCUT2D eigenvalue weighted by molar-refractivity contribution is -0.116. The Morgan fingerprint density at radius 3 is 2.86 bits per heavy atom. The van der Waals surface area contributed by atoms with Crippen LogP contribution in [-0.2, 0) is 11.3 Å². The number of nitrogens with zero attached hydrogens (tertiary/aromatic N) is 3. The number of rotatable bonds is 3. The molecular formula is C15H11FN4O2. The van der Waals surface area contributed by atoms with E-state index in [2.05, 4.69) is 15.3 Å². The van der Waals surface area contributed by atoms with Crippen LogP contribution in [0.2, 0.25) is 0 Å². The molecule has 2 heterocycles. The first kappa shape index (κ1) is 13.9. The highest BCUT2D eigenvalue weighted by atomic mass is 19.1. The minimum Gasteiger partial charge on any atom is -0.309 e. The molecule has 22 heavy (non-hydrogen) atoms. The van der Waals surface area contributed by atoms with Gasteiger partial charge in [0, 0.05) is 6.20 Å². The quantitative estimate of drug-likeness (QED) is 0.796. The predicted molar refractivity (Wildman–Crippen MR) is 78.8 cm³/mol. The number of hydrogen-bond acceptors (Lipinski definition) is 4. The molecule has 1 amide bonds. The van der Waals surface area contributed by atoms with E-state index in [9.17, 15) is 14.0 Å². The van der Waals surface area contributed by atoms with Crippen LogP contribution in [0.1, 0.15) is 0 Å². The first-order chi connectivity index (χ1) is 10.6. The molecule has 0 aliphatic rings. The fourth-order valence-corrected chi connectivity index (χ4v) is 2.02. The summed E-state index contributed by atoms with van der Waals surface area (Å²) in [6, 6.07) is 8.85. The maximum atomic E-state index is 13.2.